The second kappa shape index (κ2) is 11.2. The molecule has 2 unspecified atom stereocenters. The first kappa shape index (κ1) is 26.0. The molecule has 0 aliphatic carbocycles. The van der Waals surface area contributed by atoms with Gasteiger partial charge in [-0.15, -0.1) is 0 Å². The molecular formula is C21H26F3IN4O3S. The molecule has 33 heavy (non-hydrogen) atoms. The Kier molecular flexibility index (Phi) is 8.83. The van der Waals surface area contributed by atoms with Crippen LogP contribution in [0.5, 0.6) is 0 Å². The van der Waals surface area contributed by atoms with Crippen molar-refractivity contribution in [2.75, 3.05) is 36.8 Å². The molecule has 0 amide bonds. The Balaban J connectivity index is 1.86. The molecular weight excluding hydrogens is 572 g/mol. The van der Waals surface area contributed by atoms with Crippen LogP contribution in [0.2, 0.25) is 0 Å². The lowest BCUT2D eigenvalue weighted by Crippen LogP contribution is -2.56. The van der Waals surface area contributed by atoms with Crippen LogP contribution in [0.3, 0.4) is 0 Å². The van der Waals surface area contributed by atoms with E-state index in [-0.39, 0.29) is 30.0 Å². The van der Waals surface area contributed by atoms with Crippen molar-refractivity contribution in [1.29, 1.82) is 0 Å². The van der Waals surface area contributed by atoms with Crippen LogP contribution in [-0.2, 0) is 14.9 Å². The van der Waals surface area contributed by atoms with Gasteiger partial charge < -0.3 is 15.4 Å². The van der Waals surface area contributed by atoms with Gasteiger partial charge in [0.1, 0.15) is 11.5 Å². The van der Waals surface area contributed by atoms with Crippen molar-refractivity contribution in [1.82, 2.24) is 9.62 Å². The summed E-state index contributed by atoms with van der Waals surface area (Å²) in [4.78, 5) is 0. The van der Waals surface area contributed by atoms with Crippen LogP contribution in [0.1, 0.15) is 19.8 Å². The third-order valence-electron chi connectivity index (χ3n) is 5.48. The first-order chi connectivity index (χ1) is 15.6. The highest BCUT2D eigenvalue weighted by molar-refractivity contribution is 14.1. The van der Waals surface area contributed by atoms with Gasteiger partial charge in [0, 0.05) is 35.9 Å². The average molecular weight is 598 g/mol. The van der Waals surface area contributed by atoms with Crippen LogP contribution in [0.4, 0.5) is 30.2 Å². The fourth-order valence-electron chi connectivity index (χ4n) is 3.75. The van der Waals surface area contributed by atoms with E-state index in [9.17, 15) is 21.6 Å². The third-order valence-corrected chi connectivity index (χ3v) is 7.76. The minimum atomic E-state index is -4.12. The summed E-state index contributed by atoms with van der Waals surface area (Å²) < 4.78 is 78.6. The molecule has 3 rings (SSSR count). The molecule has 2 aromatic carbocycles. The summed E-state index contributed by atoms with van der Waals surface area (Å²) in [5.41, 5.74) is -0.847. The largest absolute Gasteiger partial charge is 0.383 e. The van der Waals surface area contributed by atoms with Gasteiger partial charge in [-0.05, 0) is 72.7 Å². The van der Waals surface area contributed by atoms with Crippen molar-refractivity contribution in [2.45, 2.75) is 31.8 Å². The molecule has 2 atom stereocenters. The Morgan fingerprint density at radius 3 is 2.58 bits per heavy atom. The number of ether oxygens (including phenoxy) is 1. The van der Waals surface area contributed by atoms with E-state index in [1.165, 1.54) is 16.4 Å². The van der Waals surface area contributed by atoms with E-state index in [0.717, 1.165) is 18.6 Å². The summed E-state index contributed by atoms with van der Waals surface area (Å²) in [6.45, 7) is 3.13. The second-order valence-electron chi connectivity index (χ2n) is 7.69. The predicted octanol–water partition coefficient (Wildman–Crippen LogP) is 4.20. The molecule has 1 fully saturated rings. The average Bonchev–Trinajstić information content (AvgIpc) is 2.76. The molecule has 0 radical (unpaired) electrons. The molecule has 1 saturated heterocycles. The Morgan fingerprint density at radius 1 is 1.15 bits per heavy atom. The van der Waals surface area contributed by atoms with E-state index < -0.39 is 33.3 Å². The topological polar surface area (TPSA) is 82.7 Å². The minimum Gasteiger partial charge on any atom is -0.383 e. The van der Waals surface area contributed by atoms with Gasteiger partial charge in [0.15, 0.2) is 11.6 Å². The normalized spacial score (nSPS) is 19.5. The smallest absolute Gasteiger partial charge is 0.302 e. The highest BCUT2D eigenvalue weighted by Crippen LogP contribution is 2.33. The maximum atomic E-state index is 14.7. The van der Waals surface area contributed by atoms with Crippen LogP contribution in [-0.4, -0.2) is 51.6 Å². The van der Waals surface area contributed by atoms with E-state index in [2.05, 4.69) is 15.4 Å². The minimum absolute atomic E-state index is 0.0890. The van der Waals surface area contributed by atoms with Crippen LogP contribution in [0.25, 0.3) is 0 Å². The van der Waals surface area contributed by atoms with Crippen molar-refractivity contribution in [3.8, 4) is 0 Å². The Morgan fingerprint density at radius 2 is 1.88 bits per heavy atom. The zero-order chi connectivity index (χ0) is 24.2. The fourth-order valence-corrected chi connectivity index (χ4v) is 5.72. The molecule has 3 N–H and O–H groups in total. The summed E-state index contributed by atoms with van der Waals surface area (Å²) in [6.07, 6.45) is 1.42. The molecule has 1 aliphatic rings. The lowest BCUT2D eigenvalue weighted by molar-refractivity contribution is 0.171. The third kappa shape index (κ3) is 6.29. The molecule has 7 nitrogen and oxygen atoms in total. The first-order valence-corrected chi connectivity index (χ1v) is 12.9. The Bertz CT molecular complexity index is 1090. The molecule has 1 aliphatic heterocycles. The highest BCUT2D eigenvalue weighted by Gasteiger charge is 2.36. The summed E-state index contributed by atoms with van der Waals surface area (Å²) in [5.74, 6) is -3.20. The zero-order valence-corrected chi connectivity index (χ0v) is 21.1. The molecule has 1 heterocycles. The van der Waals surface area contributed by atoms with Crippen molar-refractivity contribution < 1.29 is 26.3 Å². The first-order valence-electron chi connectivity index (χ1n) is 10.4. The lowest BCUT2D eigenvalue weighted by atomic mass is 10.00. The molecule has 0 saturated carbocycles. The number of halogens is 4. The number of rotatable bonds is 9. The summed E-state index contributed by atoms with van der Waals surface area (Å²) in [6, 6.07) is 5.61. The maximum Gasteiger partial charge on any atom is 0.302 e. The Hall–Kier alpha value is -1.61. The van der Waals surface area contributed by atoms with Gasteiger partial charge in [0.2, 0.25) is 0 Å². The monoisotopic (exact) mass is 598 g/mol. The molecule has 182 valence electrons. The van der Waals surface area contributed by atoms with Gasteiger partial charge >= 0.3 is 10.2 Å². The zero-order valence-electron chi connectivity index (χ0n) is 18.2. The number of nitrogens with zero attached hydrogens (tertiary/aromatic N) is 1. The molecule has 0 spiro atoms. The van der Waals surface area contributed by atoms with Gasteiger partial charge in [-0.2, -0.15) is 12.7 Å². The lowest BCUT2D eigenvalue weighted by Gasteiger charge is -2.38. The van der Waals surface area contributed by atoms with Gasteiger partial charge in [-0.1, -0.05) is 0 Å². The SMILES string of the molecule is COCCNC1CCCN(S(=O)(=O)Nc2ccc(F)c(F)c2Nc2ccc(I)cc2F)C1C. The van der Waals surface area contributed by atoms with Crippen LogP contribution in [0, 0.1) is 21.0 Å². The maximum absolute atomic E-state index is 14.7. The highest BCUT2D eigenvalue weighted by atomic mass is 127. The van der Waals surface area contributed by atoms with E-state index in [0.29, 0.717) is 23.1 Å². The second-order valence-corrected chi connectivity index (χ2v) is 10.6. The van der Waals surface area contributed by atoms with Gasteiger partial charge in [0.05, 0.1) is 18.0 Å². The number of benzene rings is 2. The van der Waals surface area contributed by atoms with Crippen molar-refractivity contribution in [3.05, 3.63) is 51.4 Å². The summed E-state index contributed by atoms with van der Waals surface area (Å²) >= 11 is 1.92. The fraction of sp³-hybridized carbons (Fsp3) is 0.429. The molecule has 2 aromatic rings. The number of methoxy groups -OCH3 is 1. The number of anilines is 3. The number of nitrogens with one attached hydrogen (secondary N) is 3. The predicted molar refractivity (Wildman–Crippen MR) is 130 cm³/mol. The van der Waals surface area contributed by atoms with Crippen molar-refractivity contribution in [2.24, 2.45) is 0 Å². The van der Waals surface area contributed by atoms with Gasteiger partial charge in [0.25, 0.3) is 0 Å². The van der Waals surface area contributed by atoms with Crippen LogP contribution >= 0.6 is 22.6 Å². The summed E-state index contributed by atoms with van der Waals surface area (Å²) in [5, 5.41) is 5.78. The van der Waals surface area contributed by atoms with Crippen LogP contribution < -0.4 is 15.4 Å². The van der Waals surface area contributed by atoms with Gasteiger partial charge in [-0.25, -0.2) is 13.2 Å². The van der Waals surface area contributed by atoms with Crippen LogP contribution in [0.15, 0.2) is 30.3 Å². The number of hydrogen-bond acceptors (Lipinski definition) is 5. The number of hydrogen-bond donors (Lipinski definition) is 3. The van der Waals surface area contributed by atoms with E-state index in [4.69, 9.17) is 4.74 Å². The standard InChI is InChI=1S/C21H26F3IN4O3S/c1-13-17(26-9-11-32-2)4-3-10-29(13)33(30,31)28-19-8-6-15(22)20(24)21(19)27-18-7-5-14(25)12-16(18)23/h5-8,12-13,17,26-28H,3-4,9-11H2,1-2H3. The Labute approximate surface area is 205 Å². The molecule has 0 bridgehead atoms. The van der Waals surface area contributed by atoms with Gasteiger partial charge in [-0.3, -0.25) is 4.72 Å². The van der Waals surface area contributed by atoms with E-state index in [1.807, 2.05) is 22.6 Å². The quantitative estimate of drug-likeness (QED) is 0.298. The van der Waals surface area contributed by atoms with Crippen molar-refractivity contribution >= 4 is 49.9 Å². The molecule has 12 heteroatoms. The molecule has 0 aromatic heterocycles. The number of piperidine rings is 1. The van der Waals surface area contributed by atoms with Crippen molar-refractivity contribution in [3.63, 3.8) is 0 Å². The van der Waals surface area contributed by atoms with E-state index in [1.54, 1.807) is 20.1 Å². The van der Waals surface area contributed by atoms with E-state index >= 15 is 0 Å². The summed E-state index contributed by atoms with van der Waals surface area (Å²) in [7, 11) is -2.54.